The number of hydrogen-bond donors (Lipinski definition) is 2. The fourth-order valence-electron chi connectivity index (χ4n) is 7.58. The molecule has 0 saturated carbocycles. The molecule has 0 spiro atoms. The number of benzene rings is 7. The van der Waals surface area contributed by atoms with Crippen LogP contribution in [0.1, 0.15) is 11.1 Å². The van der Waals surface area contributed by atoms with Gasteiger partial charge in [0.2, 0.25) is 0 Å². The Kier molecular flexibility index (Phi) is 7.97. The van der Waals surface area contributed by atoms with Gasteiger partial charge < -0.3 is 0 Å². The molecule has 9 aromatic rings. The van der Waals surface area contributed by atoms with Crippen molar-refractivity contribution in [3.63, 3.8) is 0 Å². The Labute approximate surface area is 323 Å². The van der Waals surface area contributed by atoms with Crippen LogP contribution in [0.3, 0.4) is 0 Å². The summed E-state index contributed by atoms with van der Waals surface area (Å²) in [6, 6.07) is 56.7. The fraction of sp³-hybridized carbons (Fsp3) is 0. The van der Waals surface area contributed by atoms with Gasteiger partial charge in [-0.25, -0.2) is 19.3 Å². The SMILES string of the molecule is N=C1C=Cc2c(-c3ccccc3)nc3cc(-c4cccc(-c5cc(-c6ccc7ccccc7c6)nc(-c6ccc7ccccc7c6)n5)c4)ccc3c2C1=NS. The lowest BCUT2D eigenvalue weighted by atomic mass is 9.87. The van der Waals surface area contributed by atoms with E-state index in [1.165, 1.54) is 10.8 Å². The highest BCUT2D eigenvalue weighted by atomic mass is 32.1. The number of allylic oxidation sites excluding steroid dienone is 1. The van der Waals surface area contributed by atoms with E-state index in [0.717, 1.165) is 83.3 Å². The minimum atomic E-state index is 0.321. The summed E-state index contributed by atoms with van der Waals surface area (Å²) in [6.07, 6.45) is 3.73. The molecule has 0 fully saturated rings. The summed E-state index contributed by atoms with van der Waals surface area (Å²) in [4.78, 5) is 15.6. The number of nitrogens with zero attached hydrogens (tertiary/aromatic N) is 4. The van der Waals surface area contributed by atoms with Gasteiger partial charge in [0.05, 0.1) is 28.3 Å². The Hall–Kier alpha value is -7.02. The number of rotatable bonds is 5. The lowest BCUT2D eigenvalue weighted by Gasteiger charge is -2.20. The fourth-order valence-corrected chi connectivity index (χ4v) is 7.79. The van der Waals surface area contributed by atoms with Gasteiger partial charge in [-0.05, 0) is 88.0 Å². The van der Waals surface area contributed by atoms with E-state index in [1.54, 1.807) is 6.08 Å². The van der Waals surface area contributed by atoms with Crippen molar-refractivity contribution in [2.45, 2.75) is 0 Å². The Balaban J connectivity index is 1.12. The van der Waals surface area contributed by atoms with Crippen LogP contribution in [0.5, 0.6) is 0 Å². The maximum absolute atomic E-state index is 8.62. The molecule has 1 aliphatic carbocycles. The van der Waals surface area contributed by atoms with Crippen molar-refractivity contribution in [1.29, 1.82) is 5.41 Å². The molecule has 258 valence electrons. The van der Waals surface area contributed by atoms with E-state index >= 15 is 0 Å². The molecule has 1 N–H and O–H groups in total. The largest absolute Gasteiger partial charge is 0.299 e. The number of thiol groups is 1. The van der Waals surface area contributed by atoms with E-state index in [4.69, 9.17) is 20.4 Å². The van der Waals surface area contributed by atoms with Gasteiger partial charge in [-0.3, -0.25) is 5.41 Å². The standard InChI is InChI=1S/C49H31N5S/c50-42-24-23-41-46(48(42)54-55)40-22-21-36(28-45(40)51-47(41)32-11-2-1-3-12-32)35-15-8-16-37(26-35)43-29-44(38-19-17-30-9-4-6-13-33(30)25-38)53-49(52-43)39-20-18-31-10-5-7-14-34(31)27-39/h1-29,50,55H. The van der Waals surface area contributed by atoms with Gasteiger partial charge in [-0.2, -0.15) is 0 Å². The monoisotopic (exact) mass is 721 g/mol. The molecular formula is C49H31N5S. The highest BCUT2D eigenvalue weighted by molar-refractivity contribution is 7.79. The van der Waals surface area contributed by atoms with Gasteiger partial charge >= 0.3 is 0 Å². The third kappa shape index (κ3) is 5.89. The summed E-state index contributed by atoms with van der Waals surface area (Å²) in [6.45, 7) is 0. The number of nitrogens with one attached hydrogen (secondary N) is 1. The summed E-state index contributed by atoms with van der Waals surface area (Å²) in [5.74, 6) is 0.672. The third-order valence-corrected chi connectivity index (χ3v) is 10.6. The predicted octanol–water partition coefficient (Wildman–Crippen LogP) is 12.3. The molecule has 0 atom stereocenters. The van der Waals surface area contributed by atoms with Crippen LogP contribution in [-0.4, -0.2) is 26.4 Å². The van der Waals surface area contributed by atoms with Crippen molar-refractivity contribution in [2.75, 3.05) is 0 Å². The Morgan fingerprint density at radius 2 is 1.04 bits per heavy atom. The maximum Gasteiger partial charge on any atom is 0.160 e. The number of pyridine rings is 1. The molecule has 0 aliphatic heterocycles. The Morgan fingerprint density at radius 3 is 1.76 bits per heavy atom. The van der Waals surface area contributed by atoms with E-state index in [9.17, 15) is 0 Å². The van der Waals surface area contributed by atoms with E-state index in [-0.39, 0.29) is 0 Å². The van der Waals surface area contributed by atoms with Gasteiger partial charge in [-0.1, -0.05) is 133 Å². The quantitative estimate of drug-likeness (QED) is 0.174. The van der Waals surface area contributed by atoms with Crippen molar-refractivity contribution >= 4 is 62.8 Å². The van der Waals surface area contributed by atoms with Crippen molar-refractivity contribution in [2.24, 2.45) is 4.40 Å². The van der Waals surface area contributed by atoms with E-state index in [0.29, 0.717) is 17.2 Å². The first kappa shape index (κ1) is 32.6. The van der Waals surface area contributed by atoms with Crippen molar-refractivity contribution in [3.05, 3.63) is 181 Å². The molecule has 2 aromatic heterocycles. The maximum atomic E-state index is 8.62. The number of aromatic nitrogens is 3. The molecule has 0 unspecified atom stereocenters. The molecule has 5 nitrogen and oxygen atoms in total. The molecular weight excluding hydrogens is 691 g/mol. The third-order valence-electron chi connectivity index (χ3n) is 10.4. The van der Waals surface area contributed by atoms with Crippen LogP contribution in [0.4, 0.5) is 0 Å². The first-order valence-corrected chi connectivity index (χ1v) is 18.5. The molecule has 7 aromatic carbocycles. The highest BCUT2D eigenvalue weighted by Gasteiger charge is 2.24. The Bertz CT molecular complexity index is 2980. The second kappa shape index (κ2) is 13.4. The van der Waals surface area contributed by atoms with Crippen LogP contribution in [0, 0.1) is 5.41 Å². The van der Waals surface area contributed by atoms with Crippen LogP contribution >= 0.6 is 12.8 Å². The first-order chi connectivity index (χ1) is 27.1. The van der Waals surface area contributed by atoms with E-state index < -0.39 is 0 Å². The molecule has 6 heteroatoms. The summed E-state index contributed by atoms with van der Waals surface area (Å²) in [5.41, 5.74) is 12.0. The van der Waals surface area contributed by atoms with Crippen LogP contribution in [0.15, 0.2) is 174 Å². The summed E-state index contributed by atoms with van der Waals surface area (Å²) < 4.78 is 4.26. The van der Waals surface area contributed by atoms with Gasteiger partial charge in [0.15, 0.2) is 5.82 Å². The molecule has 1 aliphatic rings. The van der Waals surface area contributed by atoms with Crippen molar-refractivity contribution in [3.8, 4) is 56.3 Å². The molecule has 0 amide bonds. The first-order valence-electron chi connectivity index (χ1n) is 18.1. The molecule has 0 saturated heterocycles. The second-order valence-electron chi connectivity index (χ2n) is 13.7. The van der Waals surface area contributed by atoms with Crippen molar-refractivity contribution < 1.29 is 0 Å². The second-order valence-corrected chi connectivity index (χ2v) is 13.9. The van der Waals surface area contributed by atoms with Crippen LogP contribution in [0.2, 0.25) is 0 Å². The molecule has 10 rings (SSSR count). The highest BCUT2D eigenvalue weighted by Crippen LogP contribution is 2.37. The lowest BCUT2D eigenvalue weighted by Crippen LogP contribution is -2.18. The van der Waals surface area contributed by atoms with E-state index in [1.807, 2.05) is 24.3 Å². The van der Waals surface area contributed by atoms with Gasteiger partial charge in [0, 0.05) is 38.8 Å². The Morgan fingerprint density at radius 1 is 0.455 bits per heavy atom. The lowest BCUT2D eigenvalue weighted by molar-refractivity contribution is 1.18. The molecule has 0 radical (unpaired) electrons. The van der Waals surface area contributed by atoms with Crippen LogP contribution in [-0.2, 0) is 0 Å². The normalized spacial score (nSPS) is 13.2. The van der Waals surface area contributed by atoms with Gasteiger partial charge in [0.1, 0.15) is 5.71 Å². The zero-order valence-corrected chi connectivity index (χ0v) is 30.4. The summed E-state index contributed by atoms with van der Waals surface area (Å²) in [5, 5.41) is 14.2. The molecule has 2 heterocycles. The minimum Gasteiger partial charge on any atom is -0.299 e. The summed E-state index contributed by atoms with van der Waals surface area (Å²) >= 11 is 4.29. The minimum absolute atomic E-state index is 0.321. The smallest absolute Gasteiger partial charge is 0.160 e. The zero-order chi connectivity index (χ0) is 36.9. The van der Waals surface area contributed by atoms with Crippen LogP contribution in [0.25, 0.3) is 94.8 Å². The number of hydrogen-bond acceptors (Lipinski definition) is 6. The molecule has 0 bridgehead atoms. The van der Waals surface area contributed by atoms with Crippen LogP contribution < -0.4 is 0 Å². The zero-order valence-electron chi connectivity index (χ0n) is 29.5. The number of fused-ring (bicyclic) bond motifs is 5. The van der Waals surface area contributed by atoms with E-state index in [2.05, 4.69) is 163 Å². The molecule has 55 heavy (non-hydrogen) atoms. The average Bonchev–Trinajstić information content (AvgIpc) is 3.25. The van der Waals surface area contributed by atoms with Crippen molar-refractivity contribution in [1.82, 2.24) is 15.0 Å². The average molecular weight is 722 g/mol. The van der Waals surface area contributed by atoms with Gasteiger partial charge in [0.25, 0.3) is 0 Å². The topological polar surface area (TPSA) is 74.9 Å². The predicted molar refractivity (Wildman–Crippen MR) is 232 cm³/mol. The van der Waals surface area contributed by atoms with Gasteiger partial charge in [-0.15, -0.1) is 0 Å². The summed E-state index contributed by atoms with van der Waals surface area (Å²) in [7, 11) is 0.